The first-order valence-corrected chi connectivity index (χ1v) is 7.98. The van der Waals surface area contributed by atoms with E-state index >= 15 is 0 Å². The second-order valence-corrected chi connectivity index (χ2v) is 6.02. The quantitative estimate of drug-likeness (QED) is 0.611. The van der Waals surface area contributed by atoms with Crippen LogP contribution in [0.25, 0.3) is 11.1 Å². The van der Waals surface area contributed by atoms with E-state index in [0.29, 0.717) is 27.2 Å². The Labute approximate surface area is 148 Å². The molecule has 3 rings (SSSR count). The summed E-state index contributed by atoms with van der Waals surface area (Å²) >= 11 is 0. The molecule has 0 fully saturated rings. The number of halogens is 4. The van der Waals surface area contributed by atoms with Crippen LogP contribution in [-0.2, 0) is 6.54 Å². The van der Waals surface area contributed by atoms with Crippen LogP contribution in [-0.4, -0.2) is 9.78 Å². The number of aromatic nitrogens is 2. The summed E-state index contributed by atoms with van der Waals surface area (Å²) in [6, 6.07) is 9.49. The van der Waals surface area contributed by atoms with Crippen molar-refractivity contribution in [2.24, 2.45) is 0 Å². The van der Waals surface area contributed by atoms with Gasteiger partial charge in [-0.15, -0.1) is 0 Å². The lowest BCUT2D eigenvalue weighted by Gasteiger charge is -2.10. The highest BCUT2D eigenvalue weighted by molar-refractivity contribution is 5.67. The molecule has 3 aromatic rings. The number of hydrogen-bond donors (Lipinski definition) is 1. The van der Waals surface area contributed by atoms with Gasteiger partial charge in [0, 0.05) is 29.6 Å². The number of hydrogen-bond acceptors (Lipinski definition) is 2. The van der Waals surface area contributed by atoms with Gasteiger partial charge in [-0.05, 0) is 49.2 Å². The van der Waals surface area contributed by atoms with E-state index in [4.69, 9.17) is 0 Å². The molecule has 0 spiro atoms. The van der Waals surface area contributed by atoms with Gasteiger partial charge >= 0.3 is 6.55 Å². The Balaban J connectivity index is 1.75. The molecule has 0 bridgehead atoms. The van der Waals surface area contributed by atoms with Crippen molar-refractivity contribution >= 4 is 5.69 Å². The summed E-state index contributed by atoms with van der Waals surface area (Å²) in [6.07, 6.45) is 1.29. The van der Waals surface area contributed by atoms with Crippen molar-refractivity contribution in [3.63, 3.8) is 0 Å². The molecule has 2 aromatic carbocycles. The average molecular weight is 363 g/mol. The maximum atomic E-state index is 13.9. The van der Waals surface area contributed by atoms with Crippen LogP contribution in [0.15, 0.2) is 42.6 Å². The number of nitrogens with zero attached hydrogens (tertiary/aromatic N) is 2. The predicted molar refractivity (Wildman–Crippen MR) is 92.1 cm³/mol. The fourth-order valence-electron chi connectivity index (χ4n) is 2.72. The monoisotopic (exact) mass is 363 g/mol. The first kappa shape index (κ1) is 18.0. The predicted octanol–water partition coefficient (Wildman–Crippen LogP) is 5.45. The van der Waals surface area contributed by atoms with Crippen molar-refractivity contribution in [2.45, 2.75) is 26.9 Å². The zero-order chi connectivity index (χ0) is 18.8. The fraction of sp³-hybridized carbons (Fsp3) is 0.211. The van der Waals surface area contributed by atoms with Gasteiger partial charge in [0.2, 0.25) is 0 Å². The van der Waals surface area contributed by atoms with Gasteiger partial charge in [-0.3, -0.25) is 0 Å². The first-order valence-electron chi connectivity index (χ1n) is 7.98. The van der Waals surface area contributed by atoms with E-state index in [1.165, 1.54) is 18.3 Å². The lowest BCUT2D eigenvalue weighted by molar-refractivity contribution is 0.0563. The van der Waals surface area contributed by atoms with Crippen LogP contribution < -0.4 is 5.32 Å². The SMILES string of the molecule is Cc1cc(F)c(CNc2ccc(-c3cn(C(F)F)nc3C)cc2)c(F)c1. The Hall–Kier alpha value is -2.83. The molecule has 0 atom stereocenters. The maximum Gasteiger partial charge on any atom is 0.333 e. The highest BCUT2D eigenvalue weighted by atomic mass is 19.3. The Morgan fingerprint density at radius 1 is 1.04 bits per heavy atom. The van der Waals surface area contributed by atoms with Crippen LogP contribution >= 0.6 is 0 Å². The molecule has 26 heavy (non-hydrogen) atoms. The number of nitrogens with one attached hydrogen (secondary N) is 1. The minimum Gasteiger partial charge on any atom is -0.381 e. The second-order valence-electron chi connectivity index (χ2n) is 6.02. The van der Waals surface area contributed by atoms with Gasteiger partial charge in [0.15, 0.2) is 0 Å². The fourth-order valence-corrected chi connectivity index (χ4v) is 2.72. The van der Waals surface area contributed by atoms with Crippen LogP contribution in [0.4, 0.5) is 23.2 Å². The minimum absolute atomic E-state index is 0.000361. The zero-order valence-corrected chi connectivity index (χ0v) is 14.2. The van der Waals surface area contributed by atoms with Gasteiger partial charge in [-0.25, -0.2) is 13.5 Å². The third-order valence-corrected chi connectivity index (χ3v) is 4.07. The first-order chi connectivity index (χ1) is 12.3. The molecule has 1 aromatic heterocycles. The van der Waals surface area contributed by atoms with Crippen molar-refractivity contribution in [3.8, 4) is 11.1 Å². The maximum absolute atomic E-state index is 13.9. The molecular weight excluding hydrogens is 346 g/mol. The molecule has 0 aliphatic carbocycles. The number of benzene rings is 2. The highest BCUT2D eigenvalue weighted by Crippen LogP contribution is 2.26. The lowest BCUT2D eigenvalue weighted by Crippen LogP contribution is -2.05. The molecule has 0 amide bonds. The van der Waals surface area contributed by atoms with Gasteiger partial charge < -0.3 is 5.32 Å². The number of rotatable bonds is 5. The average Bonchev–Trinajstić information content (AvgIpc) is 2.96. The highest BCUT2D eigenvalue weighted by Gasteiger charge is 2.13. The minimum atomic E-state index is -2.69. The summed E-state index contributed by atoms with van der Waals surface area (Å²) in [5.41, 5.74) is 2.98. The lowest BCUT2D eigenvalue weighted by atomic mass is 10.1. The number of aryl methyl sites for hydroxylation is 2. The number of anilines is 1. The molecule has 136 valence electrons. The topological polar surface area (TPSA) is 29.9 Å². The Morgan fingerprint density at radius 3 is 2.19 bits per heavy atom. The van der Waals surface area contributed by atoms with Crippen LogP contribution in [0.5, 0.6) is 0 Å². The molecule has 1 heterocycles. The number of alkyl halides is 2. The normalized spacial score (nSPS) is 11.2. The summed E-state index contributed by atoms with van der Waals surface area (Å²) in [4.78, 5) is 0. The van der Waals surface area contributed by atoms with Crippen molar-refractivity contribution in [3.05, 3.63) is 71.1 Å². The molecule has 0 saturated heterocycles. The van der Waals surface area contributed by atoms with Crippen molar-refractivity contribution in [1.29, 1.82) is 0 Å². The summed E-state index contributed by atoms with van der Waals surface area (Å²) in [5.74, 6) is -1.19. The van der Waals surface area contributed by atoms with E-state index in [1.54, 1.807) is 38.1 Å². The van der Waals surface area contributed by atoms with E-state index in [1.807, 2.05) is 0 Å². The third kappa shape index (κ3) is 3.71. The summed E-state index contributed by atoms with van der Waals surface area (Å²) in [5, 5.41) is 6.74. The van der Waals surface area contributed by atoms with Gasteiger partial charge in [0.1, 0.15) is 11.6 Å². The molecule has 0 aliphatic rings. The molecule has 1 N–H and O–H groups in total. The smallest absolute Gasteiger partial charge is 0.333 e. The van der Waals surface area contributed by atoms with E-state index in [2.05, 4.69) is 10.4 Å². The van der Waals surface area contributed by atoms with E-state index in [-0.39, 0.29) is 12.1 Å². The van der Waals surface area contributed by atoms with Gasteiger partial charge in [-0.1, -0.05) is 12.1 Å². The summed E-state index contributed by atoms with van der Waals surface area (Å²) < 4.78 is 53.8. The summed E-state index contributed by atoms with van der Waals surface area (Å²) in [7, 11) is 0. The zero-order valence-electron chi connectivity index (χ0n) is 14.2. The molecule has 0 radical (unpaired) electrons. The second kappa shape index (κ2) is 7.19. The Morgan fingerprint density at radius 2 is 1.65 bits per heavy atom. The molecule has 0 saturated carbocycles. The van der Waals surface area contributed by atoms with Crippen LogP contribution in [0.1, 0.15) is 23.4 Å². The van der Waals surface area contributed by atoms with E-state index < -0.39 is 18.2 Å². The van der Waals surface area contributed by atoms with Crippen LogP contribution in [0.3, 0.4) is 0 Å². The van der Waals surface area contributed by atoms with Crippen molar-refractivity contribution < 1.29 is 17.6 Å². The Bertz CT molecular complexity index is 894. The third-order valence-electron chi connectivity index (χ3n) is 4.07. The summed E-state index contributed by atoms with van der Waals surface area (Å²) in [6.45, 7) is 0.589. The Kier molecular flexibility index (Phi) is 4.97. The largest absolute Gasteiger partial charge is 0.381 e. The van der Waals surface area contributed by atoms with E-state index in [0.717, 1.165) is 5.56 Å². The molecular formula is C19H17F4N3. The molecule has 0 aliphatic heterocycles. The van der Waals surface area contributed by atoms with Crippen LogP contribution in [0, 0.1) is 25.5 Å². The van der Waals surface area contributed by atoms with Crippen molar-refractivity contribution in [1.82, 2.24) is 9.78 Å². The standard InChI is InChI=1S/C19H17F4N3/c1-11-7-17(20)15(18(21)8-11)9-24-14-5-3-13(4-6-14)16-10-26(19(22)23)25-12(16)2/h3-8,10,19,24H,9H2,1-2H3. The molecule has 7 heteroatoms. The van der Waals surface area contributed by atoms with Gasteiger partial charge in [0.05, 0.1) is 5.69 Å². The van der Waals surface area contributed by atoms with E-state index in [9.17, 15) is 17.6 Å². The van der Waals surface area contributed by atoms with Crippen LogP contribution in [0.2, 0.25) is 0 Å². The van der Waals surface area contributed by atoms with Gasteiger partial charge in [-0.2, -0.15) is 13.9 Å². The molecule has 0 unspecified atom stereocenters. The molecule has 3 nitrogen and oxygen atoms in total. The van der Waals surface area contributed by atoms with Gasteiger partial charge in [0.25, 0.3) is 0 Å². The van der Waals surface area contributed by atoms with Crippen molar-refractivity contribution in [2.75, 3.05) is 5.32 Å².